The monoisotopic (exact) mass is 553 g/mol. The Balaban J connectivity index is 1.93. The van der Waals surface area contributed by atoms with E-state index in [1.165, 1.54) is 12.5 Å². The van der Waals surface area contributed by atoms with Crippen molar-refractivity contribution in [3.05, 3.63) is 94.6 Å². The molecule has 1 atom stereocenters. The van der Waals surface area contributed by atoms with Crippen LogP contribution in [0.5, 0.6) is 0 Å². The van der Waals surface area contributed by atoms with Crippen molar-refractivity contribution in [3.8, 4) is 0 Å². The molecule has 0 aliphatic rings. The molecule has 0 nitrogen and oxygen atoms in total. The Morgan fingerprint density at radius 1 is 0.682 bits per heavy atom. The van der Waals surface area contributed by atoms with E-state index in [-0.39, 0.29) is 0 Å². The van der Waals surface area contributed by atoms with Crippen LogP contribution in [0.15, 0.2) is 91.0 Å². The Hall–Kier alpha value is -0.281. The summed E-state index contributed by atoms with van der Waals surface area (Å²) in [6, 6.07) is 32.6. The van der Waals surface area contributed by atoms with E-state index in [2.05, 4.69) is 91.0 Å². The van der Waals surface area contributed by atoms with Crippen molar-refractivity contribution < 1.29 is 0 Å². The Bertz CT molecular complexity index is 692. The van der Waals surface area contributed by atoms with Crippen LogP contribution in [0.4, 0.5) is 0 Å². The van der Waals surface area contributed by atoms with Crippen LogP contribution in [0.2, 0.25) is 0 Å². The second kappa shape index (κ2) is 8.54. The van der Waals surface area contributed by atoms with Crippen LogP contribution in [0.25, 0.3) is 0 Å². The molecule has 3 aromatic rings. The molecule has 0 saturated heterocycles. The number of benzene rings is 3. The molecule has 0 radical (unpaired) electrons. The molecule has 0 spiro atoms. The van der Waals surface area contributed by atoms with Gasteiger partial charge in [-0.2, -0.15) is 0 Å². The van der Waals surface area contributed by atoms with E-state index in [9.17, 15) is 0 Å². The first kappa shape index (κ1) is 16.6. The summed E-state index contributed by atoms with van der Waals surface area (Å²) in [5.74, 6) is 0. The number of rotatable bonds is 5. The van der Waals surface area contributed by atoms with Gasteiger partial charge in [0.2, 0.25) is 0 Å². The molecule has 3 rings (SSSR count). The molecule has 0 fully saturated rings. The van der Waals surface area contributed by atoms with E-state index >= 15 is 0 Å². The summed E-state index contributed by atoms with van der Waals surface area (Å²) in [6.45, 7) is 0. The van der Waals surface area contributed by atoms with Gasteiger partial charge in [-0.25, -0.2) is 0 Å². The molecule has 0 amide bonds. The summed E-state index contributed by atoms with van der Waals surface area (Å²) in [6.07, 6.45) is 0. The fourth-order valence-corrected chi connectivity index (χ4v) is 41.6. The SMILES string of the molecule is ClI(c1ccccc1)[Se+]([Se]c1ccccc1)c1ccccc1. The van der Waals surface area contributed by atoms with E-state index in [0.717, 1.165) is 0 Å². The van der Waals surface area contributed by atoms with Gasteiger partial charge in [0.25, 0.3) is 0 Å². The first-order valence-corrected chi connectivity index (χ1v) is 21.9. The summed E-state index contributed by atoms with van der Waals surface area (Å²) in [7, 11) is 6.09. The van der Waals surface area contributed by atoms with Crippen LogP contribution in [-0.4, -0.2) is 22.0 Å². The van der Waals surface area contributed by atoms with Gasteiger partial charge in [-0.1, -0.05) is 0 Å². The molecule has 0 saturated carbocycles. The third-order valence-corrected chi connectivity index (χ3v) is 47.0. The second-order valence-corrected chi connectivity index (χ2v) is 36.0. The molecule has 0 N–H and O–H groups in total. The maximum atomic E-state index is 7.08. The molecule has 3 aromatic carbocycles. The fraction of sp³-hybridized carbons (Fsp3) is 0. The van der Waals surface area contributed by atoms with Gasteiger partial charge in [0, 0.05) is 0 Å². The van der Waals surface area contributed by atoms with Gasteiger partial charge in [-0.05, 0) is 0 Å². The molecular weight excluding hydrogens is 536 g/mol. The van der Waals surface area contributed by atoms with Crippen LogP contribution in [0.1, 0.15) is 0 Å². The predicted octanol–water partition coefficient (Wildman–Crippen LogP) is 3.94. The average molecular weight is 552 g/mol. The summed E-state index contributed by atoms with van der Waals surface area (Å²) in [5, 5.41) is 0. The third-order valence-electron chi connectivity index (χ3n) is 2.87. The zero-order chi connectivity index (χ0) is 15.2. The summed E-state index contributed by atoms with van der Waals surface area (Å²) in [4.78, 5) is 0. The second-order valence-electron chi connectivity index (χ2n) is 4.44. The van der Waals surface area contributed by atoms with Gasteiger partial charge in [-0.15, -0.1) is 0 Å². The first-order valence-electron chi connectivity index (χ1n) is 6.79. The normalized spacial score (nSPS) is 12.7. The molecule has 4 heteroatoms. The molecule has 0 heterocycles. The fourth-order valence-electron chi connectivity index (χ4n) is 1.84. The summed E-state index contributed by atoms with van der Waals surface area (Å²) >= 11 is -1.17. The van der Waals surface area contributed by atoms with Crippen molar-refractivity contribution in [1.29, 1.82) is 0 Å². The minimum atomic E-state index is -1.65. The molecule has 0 aliphatic heterocycles. The summed E-state index contributed by atoms with van der Waals surface area (Å²) < 4.78 is 4.39. The van der Waals surface area contributed by atoms with E-state index in [1.54, 1.807) is 0 Å². The Morgan fingerprint density at radius 2 is 1.18 bits per heavy atom. The Kier molecular flexibility index (Phi) is 6.43. The predicted molar refractivity (Wildman–Crippen MR) is 109 cm³/mol. The average Bonchev–Trinajstić information content (AvgIpc) is 2.61. The number of halogens is 2. The summed E-state index contributed by atoms with van der Waals surface area (Å²) in [5.41, 5.74) is 0. The minimum absolute atomic E-state index is 0.477. The zero-order valence-corrected chi connectivity index (χ0v) is 18.1. The van der Waals surface area contributed by atoms with Crippen molar-refractivity contribution >= 4 is 56.2 Å². The number of hydrogen-bond acceptors (Lipinski definition) is 0. The van der Waals surface area contributed by atoms with Gasteiger partial charge < -0.3 is 0 Å². The van der Waals surface area contributed by atoms with Crippen molar-refractivity contribution in [3.63, 3.8) is 0 Å². The Labute approximate surface area is 149 Å². The van der Waals surface area contributed by atoms with Gasteiger partial charge >= 0.3 is 151 Å². The van der Waals surface area contributed by atoms with Crippen molar-refractivity contribution in [1.82, 2.24) is 0 Å². The van der Waals surface area contributed by atoms with Crippen molar-refractivity contribution in [2.75, 3.05) is 0 Å². The first-order chi connectivity index (χ1) is 10.8. The molecule has 0 bridgehead atoms. The van der Waals surface area contributed by atoms with Gasteiger partial charge in [0.15, 0.2) is 0 Å². The van der Waals surface area contributed by atoms with Crippen LogP contribution in [0.3, 0.4) is 0 Å². The van der Waals surface area contributed by atoms with Crippen molar-refractivity contribution in [2.45, 2.75) is 0 Å². The molecular formula is C18H15ClISe2+. The van der Waals surface area contributed by atoms with Crippen LogP contribution < -0.4 is 8.92 Å². The molecule has 0 aliphatic carbocycles. The number of hydrogen-bond donors (Lipinski definition) is 0. The molecule has 112 valence electrons. The van der Waals surface area contributed by atoms with Crippen LogP contribution >= 0.6 is 25.4 Å². The van der Waals surface area contributed by atoms with Gasteiger partial charge in [-0.3, -0.25) is 0 Å². The molecule has 1 unspecified atom stereocenters. The Morgan fingerprint density at radius 3 is 1.77 bits per heavy atom. The quantitative estimate of drug-likeness (QED) is 0.333. The zero-order valence-electron chi connectivity index (χ0n) is 11.7. The third kappa shape index (κ3) is 4.38. The topological polar surface area (TPSA) is 0 Å². The standard InChI is InChI=1S/C18H15ClISe2/c19-20(16-10-4-1-5-11-16)22(18-14-8-3-9-15-18)21-17-12-6-2-7-13-17/h1-15H/q+1. The van der Waals surface area contributed by atoms with Gasteiger partial charge in [0.1, 0.15) is 0 Å². The van der Waals surface area contributed by atoms with Gasteiger partial charge in [0.05, 0.1) is 0 Å². The van der Waals surface area contributed by atoms with E-state index in [0.29, 0.717) is 13.1 Å². The van der Waals surface area contributed by atoms with Crippen LogP contribution in [0, 0.1) is 3.57 Å². The van der Waals surface area contributed by atoms with E-state index < -0.39 is 25.3 Å². The van der Waals surface area contributed by atoms with E-state index in [4.69, 9.17) is 8.91 Å². The molecule has 0 aromatic heterocycles. The van der Waals surface area contributed by atoms with E-state index in [1.807, 2.05) is 0 Å². The van der Waals surface area contributed by atoms with Crippen molar-refractivity contribution in [2.24, 2.45) is 0 Å². The molecule has 22 heavy (non-hydrogen) atoms. The maximum absolute atomic E-state index is 7.08. The van der Waals surface area contributed by atoms with Crippen LogP contribution in [-0.2, 0) is 0 Å².